The third-order valence-corrected chi connectivity index (χ3v) is 5.15. The minimum atomic E-state index is -0.382. The van der Waals surface area contributed by atoms with Crippen LogP contribution in [0.4, 0.5) is 0 Å². The van der Waals surface area contributed by atoms with Crippen molar-refractivity contribution in [2.45, 2.75) is 19.4 Å². The molecular formula is C23H30N4O4. The number of rotatable bonds is 11. The van der Waals surface area contributed by atoms with Gasteiger partial charge in [-0.15, -0.1) is 0 Å². The second-order valence-corrected chi connectivity index (χ2v) is 7.55. The van der Waals surface area contributed by atoms with E-state index in [1.807, 2.05) is 17.0 Å². The summed E-state index contributed by atoms with van der Waals surface area (Å²) in [4.78, 5) is 32.2. The van der Waals surface area contributed by atoms with Crippen molar-refractivity contribution in [1.29, 1.82) is 0 Å². The van der Waals surface area contributed by atoms with E-state index in [1.165, 1.54) is 0 Å². The number of nitrogens with zero attached hydrogens (tertiary/aromatic N) is 3. The van der Waals surface area contributed by atoms with Crippen LogP contribution in [0.15, 0.2) is 48.8 Å². The number of carbonyl (C=O) groups excluding carboxylic acids is 2. The van der Waals surface area contributed by atoms with Gasteiger partial charge in [0.25, 0.3) is 5.91 Å². The predicted octanol–water partition coefficient (Wildman–Crippen LogP) is 1.24. The topological polar surface area (TPSA) is 98.0 Å². The molecule has 31 heavy (non-hydrogen) atoms. The molecule has 166 valence electrons. The maximum absolute atomic E-state index is 12.9. The average molecular weight is 427 g/mol. The van der Waals surface area contributed by atoms with Crippen LogP contribution >= 0.6 is 0 Å². The summed E-state index contributed by atoms with van der Waals surface area (Å²) in [5, 5.41) is 0. The van der Waals surface area contributed by atoms with Gasteiger partial charge in [-0.05, 0) is 41.8 Å². The second kappa shape index (κ2) is 12.0. The maximum atomic E-state index is 12.9. The molecule has 1 fully saturated rings. The Morgan fingerprint density at radius 3 is 2.45 bits per heavy atom. The molecule has 1 aliphatic heterocycles. The average Bonchev–Trinajstić information content (AvgIpc) is 2.79. The monoisotopic (exact) mass is 426 g/mol. The molecule has 0 spiro atoms. The lowest BCUT2D eigenvalue weighted by molar-refractivity contribution is -0.134. The zero-order valence-corrected chi connectivity index (χ0v) is 17.7. The highest BCUT2D eigenvalue weighted by Crippen LogP contribution is 2.13. The van der Waals surface area contributed by atoms with Crippen molar-refractivity contribution in [3.63, 3.8) is 0 Å². The molecule has 0 bridgehead atoms. The van der Waals surface area contributed by atoms with E-state index in [-0.39, 0.29) is 24.8 Å². The highest BCUT2D eigenvalue weighted by atomic mass is 16.5. The Bertz CT molecular complexity index is 823. The van der Waals surface area contributed by atoms with Crippen molar-refractivity contribution in [1.82, 2.24) is 14.8 Å². The molecule has 0 unspecified atom stereocenters. The van der Waals surface area contributed by atoms with Crippen molar-refractivity contribution >= 4 is 11.8 Å². The Balaban J connectivity index is 1.53. The lowest BCUT2D eigenvalue weighted by atomic mass is 10.1. The number of pyridine rings is 1. The normalized spacial score (nSPS) is 14.2. The number of carbonyl (C=O) groups is 2. The zero-order chi connectivity index (χ0) is 21.9. The highest BCUT2D eigenvalue weighted by molar-refractivity contribution is 5.78. The van der Waals surface area contributed by atoms with Gasteiger partial charge < -0.3 is 20.1 Å². The Kier molecular flexibility index (Phi) is 8.81. The number of aromatic nitrogens is 1. The number of primary amides is 1. The summed E-state index contributed by atoms with van der Waals surface area (Å²) >= 11 is 0. The minimum absolute atomic E-state index is 0.0438. The van der Waals surface area contributed by atoms with Gasteiger partial charge >= 0.3 is 0 Å². The molecule has 2 aromatic rings. The number of nitrogens with two attached hydrogens (primary N) is 1. The minimum Gasteiger partial charge on any atom is -0.484 e. The van der Waals surface area contributed by atoms with Gasteiger partial charge in [-0.2, -0.15) is 0 Å². The third-order valence-electron chi connectivity index (χ3n) is 5.15. The zero-order valence-electron chi connectivity index (χ0n) is 17.7. The van der Waals surface area contributed by atoms with Crippen LogP contribution in [0.5, 0.6) is 5.75 Å². The van der Waals surface area contributed by atoms with Gasteiger partial charge in [-0.3, -0.25) is 19.5 Å². The summed E-state index contributed by atoms with van der Waals surface area (Å²) in [6, 6.07) is 10.9. The number of hydrogen-bond donors (Lipinski definition) is 1. The van der Waals surface area contributed by atoms with Crippen molar-refractivity contribution in [2.75, 3.05) is 46.0 Å². The fourth-order valence-electron chi connectivity index (χ4n) is 3.45. The first-order valence-electron chi connectivity index (χ1n) is 10.6. The number of benzene rings is 1. The quantitative estimate of drug-likeness (QED) is 0.581. The molecule has 8 nitrogen and oxygen atoms in total. The van der Waals surface area contributed by atoms with Gasteiger partial charge in [0.15, 0.2) is 6.61 Å². The summed E-state index contributed by atoms with van der Waals surface area (Å²) < 4.78 is 11.1. The lowest BCUT2D eigenvalue weighted by Gasteiger charge is -2.28. The number of hydrogen-bond acceptors (Lipinski definition) is 6. The Labute approximate surface area is 182 Å². The molecule has 2 amide bonds. The first-order chi connectivity index (χ1) is 15.1. The second-order valence-electron chi connectivity index (χ2n) is 7.55. The van der Waals surface area contributed by atoms with E-state index in [4.69, 9.17) is 15.2 Å². The van der Waals surface area contributed by atoms with Gasteiger partial charge in [0.1, 0.15) is 5.75 Å². The summed E-state index contributed by atoms with van der Waals surface area (Å²) in [6.45, 7) is 5.48. The molecule has 0 atom stereocenters. The summed E-state index contributed by atoms with van der Waals surface area (Å²) in [5.41, 5.74) is 7.06. The van der Waals surface area contributed by atoms with Gasteiger partial charge in [0.05, 0.1) is 19.6 Å². The molecule has 0 aliphatic carbocycles. The van der Waals surface area contributed by atoms with E-state index in [1.54, 1.807) is 36.7 Å². The first kappa shape index (κ1) is 22.7. The standard InChI is InChI=1S/C23H30N4O4/c24-22(28)16-19-2-4-21(5-3-19)31-18-23(29)27(17-20-6-8-25-9-7-20)11-1-10-26-12-14-30-15-13-26/h2-9H,1,10-18H2,(H2,24,28). The molecule has 0 radical (unpaired) electrons. The van der Waals surface area contributed by atoms with Crippen molar-refractivity contribution in [3.05, 3.63) is 59.9 Å². The molecule has 1 saturated heterocycles. The van der Waals surface area contributed by atoms with E-state index in [2.05, 4.69) is 9.88 Å². The van der Waals surface area contributed by atoms with Crippen molar-refractivity contribution in [2.24, 2.45) is 5.73 Å². The largest absolute Gasteiger partial charge is 0.484 e. The fraction of sp³-hybridized carbons (Fsp3) is 0.435. The van der Waals surface area contributed by atoms with Gasteiger partial charge in [-0.25, -0.2) is 0 Å². The van der Waals surface area contributed by atoms with E-state index in [9.17, 15) is 9.59 Å². The van der Waals surface area contributed by atoms with Crippen LogP contribution in [-0.4, -0.2) is 72.6 Å². The summed E-state index contributed by atoms with van der Waals surface area (Å²) in [7, 11) is 0. The van der Waals surface area contributed by atoms with Gasteiger partial charge in [-0.1, -0.05) is 12.1 Å². The van der Waals surface area contributed by atoms with Crippen LogP contribution in [0.2, 0.25) is 0 Å². The fourth-order valence-corrected chi connectivity index (χ4v) is 3.45. The molecule has 1 aromatic heterocycles. The molecule has 0 saturated carbocycles. The van der Waals surface area contributed by atoms with Gasteiger partial charge in [0.2, 0.25) is 5.91 Å². The molecule has 1 aliphatic rings. The Morgan fingerprint density at radius 2 is 1.77 bits per heavy atom. The first-order valence-corrected chi connectivity index (χ1v) is 10.6. The summed E-state index contributed by atoms with van der Waals surface area (Å²) in [5.74, 6) is 0.131. The van der Waals surface area contributed by atoms with Crippen LogP contribution in [0, 0.1) is 0 Å². The predicted molar refractivity (Wildman–Crippen MR) is 116 cm³/mol. The number of morpholine rings is 1. The highest BCUT2D eigenvalue weighted by Gasteiger charge is 2.16. The van der Waals surface area contributed by atoms with Crippen LogP contribution in [-0.2, 0) is 27.3 Å². The number of amides is 2. The van der Waals surface area contributed by atoms with Crippen LogP contribution in [0.3, 0.4) is 0 Å². The molecule has 8 heteroatoms. The molecule has 3 rings (SSSR count). The van der Waals surface area contributed by atoms with E-state index < -0.39 is 0 Å². The van der Waals surface area contributed by atoms with Crippen molar-refractivity contribution < 1.29 is 19.1 Å². The molecular weight excluding hydrogens is 396 g/mol. The molecule has 2 N–H and O–H groups in total. The molecule has 1 aromatic carbocycles. The molecule has 2 heterocycles. The lowest BCUT2D eigenvalue weighted by Crippen LogP contribution is -2.40. The van der Waals surface area contributed by atoms with Crippen molar-refractivity contribution in [3.8, 4) is 5.75 Å². The van der Waals surface area contributed by atoms with E-state index in [0.29, 0.717) is 18.8 Å². The van der Waals surface area contributed by atoms with Crippen LogP contribution in [0.1, 0.15) is 17.5 Å². The van der Waals surface area contributed by atoms with Crippen LogP contribution in [0.25, 0.3) is 0 Å². The smallest absolute Gasteiger partial charge is 0.260 e. The van der Waals surface area contributed by atoms with Crippen LogP contribution < -0.4 is 10.5 Å². The van der Waals surface area contributed by atoms with Gasteiger partial charge in [0, 0.05) is 45.1 Å². The third kappa shape index (κ3) is 7.99. The summed E-state index contributed by atoms with van der Waals surface area (Å²) in [6.07, 6.45) is 4.53. The van der Waals surface area contributed by atoms with E-state index in [0.717, 1.165) is 50.4 Å². The SMILES string of the molecule is NC(=O)Cc1ccc(OCC(=O)N(CCCN2CCOCC2)Cc2ccncc2)cc1. The number of ether oxygens (including phenoxy) is 2. The Hall–Kier alpha value is -2.97. The maximum Gasteiger partial charge on any atom is 0.260 e. The van der Waals surface area contributed by atoms with E-state index >= 15 is 0 Å². The Morgan fingerprint density at radius 1 is 1.06 bits per heavy atom.